The Balaban J connectivity index is 2.13. The van der Waals surface area contributed by atoms with Crippen molar-refractivity contribution >= 4 is 0 Å². The van der Waals surface area contributed by atoms with Crippen molar-refractivity contribution in [2.45, 2.75) is 70.5 Å². The van der Waals surface area contributed by atoms with Crippen LogP contribution in [-0.4, -0.2) is 23.5 Å². The van der Waals surface area contributed by atoms with Crippen LogP contribution in [0.3, 0.4) is 0 Å². The minimum Gasteiger partial charge on any atom is -0.328 e. The van der Waals surface area contributed by atoms with Crippen LogP contribution < -0.4 is 5.73 Å². The summed E-state index contributed by atoms with van der Waals surface area (Å²) in [5.74, 6) is 0. The Bertz CT molecular complexity index is 368. The van der Waals surface area contributed by atoms with Crippen LogP contribution in [0.4, 0.5) is 0 Å². The van der Waals surface area contributed by atoms with Gasteiger partial charge >= 0.3 is 0 Å². The van der Waals surface area contributed by atoms with Gasteiger partial charge in [0.05, 0.1) is 0 Å². The molecule has 2 N–H and O–H groups in total. The van der Waals surface area contributed by atoms with Gasteiger partial charge in [-0.2, -0.15) is 0 Å². The molecule has 2 nitrogen and oxygen atoms in total. The van der Waals surface area contributed by atoms with Crippen molar-refractivity contribution in [1.29, 1.82) is 0 Å². The van der Waals surface area contributed by atoms with Gasteiger partial charge in [0.15, 0.2) is 0 Å². The molecule has 1 aromatic carbocycles. The van der Waals surface area contributed by atoms with Gasteiger partial charge in [0.2, 0.25) is 0 Å². The maximum atomic E-state index is 6.07. The standard InChI is InChI=1S/C18H30N2/c1-3-14-20(17-12-10-16(19)11-13-17)18(4-2)15-8-6-5-7-9-15/h5-9,16-18H,3-4,10-14,19H2,1-2H3. The minimum atomic E-state index is 0.437. The lowest BCUT2D eigenvalue weighted by Crippen LogP contribution is -2.43. The van der Waals surface area contributed by atoms with Crippen LogP contribution in [0.1, 0.15) is 64.0 Å². The van der Waals surface area contributed by atoms with E-state index in [9.17, 15) is 0 Å². The van der Waals surface area contributed by atoms with Crippen LogP contribution in [-0.2, 0) is 0 Å². The van der Waals surface area contributed by atoms with Crippen molar-refractivity contribution in [1.82, 2.24) is 4.90 Å². The zero-order valence-electron chi connectivity index (χ0n) is 13.1. The highest BCUT2D eigenvalue weighted by Gasteiger charge is 2.28. The average molecular weight is 274 g/mol. The average Bonchev–Trinajstić information content (AvgIpc) is 2.49. The van der Waals surface area contributed by atoms with Crippen LogP contribution in [0.15, 0.2) is 30.3 Å². The van der Waals surface area contributed by atoms with E-state index in [-0.39, 0.29) is 0 Å². The maximum Gasteiger partial charge on any atom is 0.0348 e. The second kappa shape index (κ2) is 7.80. The molecule has 1 fully saturated rings. The van der Waals surface area contributed by atoms with Crippen molar-refractivity contribution in [3.05, 3.63) is 35.9 Å². The Morgan fingerprint density at radius 3 is 2.30 bits per heavy atom. The molecule has 0 heterocycles. The molecule has 112 valence electrons. The van der Waals surface area contributed by atoms with Crippen LogP contribution in [0.2, 0.25) is 0 Å². The largest absolute Gasteiger partial charge is 0.328 e. The summed E-state index contributed by atoms with van der Waals surface area (Å²) in [6.07, 6.45) is 7.33. The van der Waals surface area contributed by atoms with E-state index >= 15 is 0 Å². The molecule has 1 aliphatic rings. The SMILES string of the molecule is CCCN(C1CCC(N)CC1)C(CC)c1ccccc1. The van der Waals surface area contributed by atoms with Gasteiger partial charge in [0.25, 0.3) is 0 Å². The van der Waals surface area contributed by atoms with E-state index in [1.54, 1.807) is 0 Å². The molecule has 0 aromatic heterocycles. The van der Waals surface area contributed by atoms with Gasteiger partial charge < -0.3 is 5.73 Å². The highest BCUT2D eigenvalue weighted by molar-refractivity contribution is 5.19. The summed E-state index contributed by atoms with van der Waals surface area (Å²) in [5, 5.41) is 0. The number of benzene rings is 1. The summed E-state index contributed by atoms with van der Waals surface area (Å²) in [7, 11) is 0. The maximum absolute atomic E-state index is 6.07. The fraction of sp³-hybridized carbons (Fsp3) is 0.667. The summed E-state index contributed by atoms with van der Waals surface area (Å²) in [5.41, 5.74) is 7.54. The molecule has 0 saturated heterocycles. The third-order valence-corrected chi connectivity index (χ3v) is 4.66. The van der Waals surface area contributed by atoms with E-state index in [1.165, 1.54) is 50.6 Å². The van der Waals surface area contributed by atoms with Gasteiger partial charge in [-0.15, -0.1) is 0 Å². The van der Waals surface area contributed by atoms with Crippen molar-refractivity contribution in [2.24, 2.45) is 5.73 Å². The van der Waals surface area contributed by atoms with E-state index in [4.69, 9.17) is 5.73 Å². The van der Waals surface area contributed by atoms with E-state index in [0.717, 1.165) is 6.04 Å². The Morgan fingerprint density at radius 2 is 1.75 bits per heavy atom. The van der Waals surface area contributed by atoms with Crippen LogP contribution in [0.5, 0.6) is 0 Å². The Labute approximate surface area is 124 Å². The second-order valence-corrected chi connectivity index (χ2v) is 6.14. The molecule has 1 atom stereocenters. The number of rotatable bonds is 6. The fourth-order valence-electron chi connectivity index (χ4n) is 3.62. The first-order valence-corrected chi connectivity index (χ1v) is 8.32. The molecule has 0 bridgehead atoms. The van der Waals surface area contributed by atoms with Crippen LogP contribution >= 0.6 is 0 Å². The van der Waals surface area contributed by atoms with Gasteiger partial charge in [0.1, 0.15) is 0 Å². The van der Waals surface area contributed by atoms with Crippen LogP contribution in [0.25, 0.3) is 0 Å². The van der Waals surface area contributed by atoms with Crippen LogP contribution in [0, 0.1) is 0 Å². The van der Waals surface area contributed by atoms with Crippen molar-refractivity contribution in [2.75, 3.05) is 6.54 Å². The van der Waals surface area contributed by atoms with Gasteiger partial charge in [-0.05, 0) is 50.6 Å². The Hall–Kier alpha value is -0.860. The number of hydrogen-bond acceptors (Lipinski definition) is 2. The molecule has 2 heteroatoms. The van der Waals surface area contributed by atoms with Crippen molar-refractivity contribution < 1.29 is 0 Å². The molecule has 2 rings (SSSR count). The first-order valence-electron chi connectivity index (χ1n) is 8.32. The molecule has 0 amide bonds. The summed E-state index contributed by atoms with van der Waals surface area (Å²) in [4.78, 5) is 2.75. The third kappa shape index (κ3) is 3.83. The topological polar surface area (TPSA) is 29.3 Å². The lowest BCUT2D eigenvalue weighted by atomic mass is 9.88. The highest BCUT2D eigenvalue weighted by Crippen LogP contribution is 2.32. The zero-order valence-corrected chi connectivity index (χ0v) is 13.1. The molecule has 0 aliphatic heterocycles. The number of nitrogens with zero attached hydrogens (tertiary/aromatic N) is 1. The number of hydrogen-bond donors (Lipinski definition) is 1. The first kappa shape index (κ1) is 15.5. The van der Waals surface area contributed by atoms with E-state index in [1.807, 2.05) is 0 Å². The van der Waals surface area contributed by atoms with E-state index in [2.05, 4.69) is 49.1 Å². The van der Waals surface area contributed by atoms with E-state index in [0.29, 0.717) is 12.1 Å². The minimum absolute atomic E-state index is 0.437. The molecular weight excluding hydrogens is 244 g/mol. The first-order chi connectivity index (χ1) is 9.76. The monoisotopic (exact) mass is 274 g/mol. The molecule has 20 heavy (non-hydrogen) atoms. The smallest absolute Gasteiger partial charge is 0.0348 e. The van der Waals surface area contributed by atoms with Gasteiger partial charge in [0, 0.05) is 18.1 Å². The Morgan fingerprint density at radius 1 is 1.10 bits per heavy atom. The molecule has 1 unspecified atom stereocenters. The predicted octanol–water partition coefficient (Wildman–Crippen LogP) is 4.12. The molecule has 1 aromatic rings. The molecule has 1 aliphatic carbocycles. The molecule has 0 radical (unpaired) electrons. The molecule has 0 spiro atoms. The van der Waals surface area contributed by atoms with E-state index < -0.39 is 0 Å². The van der Waals surface area contributed by atoms with Crippen molar-refractivity contribution in [3.63, 3.8) is 0 Å². The van der Waals surface area contributed by atoms with Crippen molar-refractivity contribution in [3.8, 4) is 0 Å². The summed E-state index contributed by atoms with van der Waals surface area (Å²) in [6.45, 7) is 5.81. The quantitative estimate of drug-likeness (QED) is 0.845. The fourth-order valence-corrected chi connectivity index (χ4v) is 3.62. The van der Waals surface area contributed by atoms with Gasteiger partial charge in [-0.1, -0.05) is 44.2 Å². The Kier molecular flexibility index (Phi) is 6.06. The lowest BCUT2D eigenvalue weighted by Gasteiger charge is -2.41. The van der Waals surface area contributed by atoms with Gasteiger partial charge in [-0.25, -0.2) is 0 Å². The predicted molar refractivity (Wildman–Crippen MR) is 86.7 cm³/mol. The third-order valence-electron chi connectivity index (χ3n) is 4.66. The highest BCUT2D eigenvalue weighted by atomic mass is 15.2. The normalized spacial score (nSPS) is 24.8. The molecular formula is C18H30N2. The summed E-state index contributed by atoms with van der Waals surface area (Å²) >= 11 is 0. The van der Waals surface area contributed by atoms with Gasteiger partial charge in [-0.3, -0.25) is 4.90 Å². The summed E-state index contributed by atoms with van der Waals surface area (Å²) < 4.78 is 0. The zero-order chi connectivity index (χ0) is 14.4. The number of nitrogens with two attached hydrogens (primary N) is 1. The second-order valence-electron chi connectivity index (χ2n) is 6.14. The lowest BCUT2D eigenvalue weighted by molar-refractivity contribution is 0.0962. The summed E-state index contributed by atoms with van der Waals surface area (Å²) in [6, 6.07) is 12.7. The molecule has 1 saturated carbocycles.